The summed E-state index contributed by atoms with van der Waals surface area (Å²) in [5, 5.41) is 4.15. The third-order valence-electron chi connectivity index (χ3n) is 3.00. The van der Waals surface area contributed by atoms with Crippen LogP contribution < -0.4 is 15.8 Å². The Morgan fingerprint density at radius 2 is 2.29 bits per heavy atom. The van der Waals surface area contributed by atoms with Crippen LogP contribution >= 0.6 is 11.8 Å². The molecule has 1 aliphatic carbocycles. The molecule has 2 atom stereocenters. The van der Waals surface area contributed by atoms with Gasteiger partial charge in [0.15, 0.2) is 0 Å². The van der Waals surface area contributed by atoms with Gasteiger partial charge < -0.3 is 15.8 Å². The van der Waals surface area contributed by atoms with Crippen LogP contribution in [0.2, 0.25) is 0 Å². The number of methoxy groups -OCH3 is 1. The van der Waals surface area contributed by atoms with Crippen molar-refractivity contribution in [2.24, 2.45) is 0 Å². The van der Waals surface area contributed by atoms with Crippen LogP contribution in [0.5, 0.6) is 5.88 Å². The van der Waals surface area contributed by atoms with Crippen molar-refractivity contribution in [2.45, 2.75) is 30.6 Å². The van der Waals surface area contributed by atoms with E-state index in [2.05, 4.69) is 21.5 Å². The molecule has 2 rings (SSSR count). The molecule has 1 aliphatic rings. The van der Waals surface area contributed by atoms with Gasteiger partial charge in [-0.25, -0.2) is 0 Å². The fraction of sp³-hybridized carbons (Fsp3) is 0.636. The average molecular weight is 254 g/mol. The van der Waals surface area contributed by atoms with Crippen LogP contribution in [0.4, 0.5) is 11.8 Å². The number of rotatable bonds is 4. The maximum absolute atomic E-state index is 5.62. The van der Waals surface area contributed by atoms with Gasteiger partial charge in [-0.05, 0) is 25.5 Å². The van der Waals surface area contributed by atoms with E-state index in [1.807, 2.05) is 11.8 Å². The molecule has 0 spiro atoms. The van der Waals surface area contributed by atoms with Gasteiger partial charge in [0.25, 0.3) is 0 Å². The molecular formula is C11H18N4OS. The minimum absolute atomic E-state index is 0.242. The molecule has 1 saturated carbocycles. The highest BCUT2D eigenvalue weighted by Gasteiger charge is 2.24. The molecule has 0 bridgehead atoms. The number of nitrogens with two attached hydrogens (primary N) is 1. The van der Waals surface area contributed by atoms with Gasteiger partial charge in [0.1, 0.15) is 5.82 Å². The molecule has 0 amide bonds. The highest BCUT2D eigenvalue weighted by atomic mass is 32.2. The van der Waals surface area contributed by atoms with Crippen molar-refractivity contribution in [3.63, 3.8) is 0 Å². The number of thioether (sulfide) groups is 1. The highest BCUT2D eigenvalue weighted by molar-refractivity contribution is 7.99. The van der Waals surface area contributed by atoms with E-state index in [0.29, 0.717) is 11.9 Å². The molecule has 2 unspecified atom stereocenters. The third kappa shape index (κ3) is 3.15. The van der Waals surface area contributed by atoms with Gasteiger partial charge in [0.05, 0.1) is 7.11 Å². The minimum Gasteiger partial charge on any atom is -0.481 e. The van der Waals surface area contributed by atoms with Gasteiger partial charge >= 0.3 is 0 Å². The Bertz CT molecular complexity index is 388. The van der Waals surface area contributed by atoms with Crippen molar-refractivity contribution in [1.29, 1.82) is 0 Å². The van der Waals surface area contributed by atoms with Gasteiger partial charge in [-0.3, -0.25) is 0 Å². The van der Waals surface area contributed by atoms with E-state index in [1.54, 1.807) is 13.2 Å². The first kappa shape index (κ1) is 12.3. The summed E-state index contributed by atoms with van der Waals surface area (Å²) in [6, 6.07) is 2.26. The third-order valence-corrected chi connectivity index (χ3v) is 4.09. The van der Waals surface area contributed by atoms with E-state index in [1.165, 1.54) is 19.3 Å². The first-order valence-corrected chi connectivity index (χ1v) is 6.98. The normalized spacial score (nSPS) is 23.6. The molecule has 6 heteroatoms. The first-order valence-electron chi connectivity index (χ1n) is 5.69. The zero-order chi connectivity index (χ0) is 12.3. The van der Waals surface area contributed by atoms with Crippen LogP contribution in [0.1, 0.15) is 19.3 Å². The lowest BCUT2D eigenvalue weighted by atomic mass is 10.2. The van der Waals surface area contributed by atoms with Gasteiger partial charge in [-0.2, -0.15) is 21.7 Å². The number of hydrogen-bond acceptors (Lipinski definition) is 6. The maximum Gasteiger partial charge on any atom is 0.225 e. The van der Waals surface area contributed by atoms with Crippen molar-refractivity contribution < 1.29 is 4.74 Å². The van der Waals surface area contributed by atoms with Gasteiger partial charge in [-0.1, -0.05) is 0 Å². The summed E-state index contributed by atoms with van der Waals surface area (Å²) < 4.78 is 5.07. The monoisotopic (exact) mass is 254 g/mol. The van der Waals surface area contributed by atoms with Crippen molar-refractivity contribution in [3.05, 3.63) is 6.07 Å². The molecule has 17 heavy (non-hydrogen) atoms. The van der Waals surface area contributed by atoms with Crippen LogP contribution in [0.3, 0.4) is 0 Å². The second-order valence-electron chi connectivity index (χ2n) is 4.17. The molecule has 5 nitrogen and oxygen atoms in total. The molecule has 94 valence electrons. The number of nitrogens with zero attached hydrogens (tertiary/aromatic N) is 2. The highest BCUT2D eigenvalue weighted by Crippen LogP contribution is 2.30. The van der Waals surface area contributed by atoms with Crippen LogP contribution in [0, 0.1) is 0 Å². The van der Waals surface area contributed by atoms with E-state index in [4.69, 9.17) is 10.5 Å². The van der Waals surface area contributed by atoms with Gasteiger partial charge in [-0.15, -0.1) is 0 Å². The predicted molar refractivity (Wildman–Crippen MR) is 71.6 cm³/mol. The molecule has 3 N–H and O–H groups in total. The molecule has 0 saturated heterocycles. The molecule has 0 aromatic carbocycles. The first-order chi connectivity index (χ1) is 8.21. The number of nitrogen functional groups attached to an aromatic ring is 1. The molecule has 1 fully saturated rings. The second kappa shape index (κ2) is 5.44. The van der Waals surface area contributed by atoms with Crippen molar-refractivity contribution in [3.8, 4) is 5.88 Å². The van der Waals surface area contributed by atoms with Gasteiger partial charge in [0.2, 0.25) is 11.8 Å². The largest absolute Gasteiger partial charge is 0.481 e. The molecule has 1 aromatic heterocycles. The minimum atomic E-state index is 0.242. The van der Waals surface area contributed by atoms with Crippen LogP contribution in [0.25, 0.3) is 0 Å². The Morgan fingerprint density at radius 1 is 1.47 bits per heavy atom. The molecule has 1 aromatic rings. The number of aromatic nitrogens is 2. The SMILES string of the molecule is COc1cc(NC2CCC(SC)C2)nc(N)n1. The Labute approximate surface area is 106 Å². The summed E-state index contributed by atoms with van der Waals surface area (Å²) in [5.41, 5.74) is 5.62. The fourth-order valence-corrected chi connectivity index (χ4v) is 2.91. The quantitative estimate of drug-likeness (QED) is 0.853. The fourth-order valence-electron chi connectivity index (χ4n) is 2.12. The van der Waals surface area contributed by atoms with Crippen LogP contribution in [0.15, 0.2) is 6.07 Å². The summed E-state index contributed by atoms with van der Waals surface area (Å²) >= 11 is 1.94. The molecular weight excluding hydrogens is 236 g/mol. The topological polar surface area (TPSA) is 73.1 Å². The zero-order valence-corrected chi connectivity index (χ0v) is 11.0. The lowest BCUT2D eigenvalue weighted by Crippen LogP contribution is -2.17. The summed E-state index contributed by atoms with van der Waals surface area (Å²) in [6.07, 6.45) is 5.78. The Kier molecular flexibility index (Phi) is 3.93. The summed E-state index contributed by atoms with van der Waals surface area (Å²) in [6.45, 7) is 0. The van der Waals surface area contributed by atoms with Gasteiger partial charge in [0, 0.05) is 17.4 Å². The van der Waals surface area contributed by atoms with Crippen molar-refractivity contribution >= 4 is 23.5 Å². The van der Waals surface area contributed by atoms with E-state index in [0.717, 1.165) is 11.1 Å². The standard InChI is InChI=1S/C11H18N4OS/c1-16-10-6-9(14-11(12)15-10)13-7-3-4-8(5-7)17-2/h6-8H,3-5H2,1-2H3,(H3,12,13,14,15). The Hall–Kier alpha value is -1.17. The predicted octanol–water partition coefficient (Wildman–Crippen LogP) is 1.76. The maximum atomic E-state index is 5.62. The molecule has 1 heterocycles. The summed E-state index contributed by atoms with van der Waals surface area (Å²) in [7, 11) is 1.57. The van der Waals surface area contributed by atoms with Crippen LogP contribution in [-0.2, 0) is 0 Å². The van der Waals surface area contributed by atoms with Crippen molar-refractivity contribution in [1.82, 2.24) is 9.97 Å². The molecule has 0 radical (unpaired) electrons. The number of hydrogen-bond donors (Lipinski definition) is 2. The summed E-state index contributed by atoms with van der Waals surface area (Å²) in [4.78, 5) is 8.12. The smallest absolute Gasteiger partial charge is 0.225 e. The summed E-state index contributed by atoms with van der Waals surface area (Å²) in [5.74, 6) is 1.49. The number of ether oxygens (including phenoxy) is 1. The molecule has 0 aliphatic heterocycles. The van der Waals surface area contributed by atoms with E-state index in [-0.39, 0.29) is 5.95 Å². The zero-order valence-electron chi connectivity index (χ0n) is 10.1. The lowest BCUT2D eigenvalue weighted by molar-refractivity contribution is 0.398. The average Bonchev–Trinajstić information content (AvgIpc) is 2.76. The van der Waals surface area contributed by atoms with Crippen LogP contribution in [-0.4, -0.2) is 34.6 Å². The Balaban J connectivity index is 2.01. The van der Waals surface area contributed by atoms with Crippen molar-refractivity contribution in [2.75, 3.05) is 24.4 Å². The number of nitrogens with one attached hydrogen (secondary N) is 1. The Morgan fingerprint density at radius 3 is 2.94 bits per heavy atom. The van der Waals surface area contributed by atoms with E-state index >= 15 is 0 Å². The lowest BCUT2D eigenvalue weighted by Gasteiger charge is -2.14. The number of anilines is 2. The van der Waals surface area contributed by atoms with E-state index < -0.39 is 0 Å². The second-order valence-corrected chi connectivity index (χ2v) is 5.30. The van der Waals surface area contributed by atoms with E-state index in [9.17, 15) is 0 Å².